The number of rotatable bonds is 6. The lowest BCUT2D eigenvalue weighted by Gasteiger charge is -2.00. The van der Waals surface area contributed by atoms with Crippen molar-refractivity contribution in [2.45, 2.75) is 19.3 Å². The minimum absolute atomic E-state index is 0.00138. The minimum atomic E-state index is -0.483. The molecule has 0 amide bonds. The van der Waals surface area contributed by atoms with Crippen molar-refractivity contribution in [1.29, 1.82) is 0 Å². The minimum Gasteiger partial charge on any atom is -0.330 e. The number of carbonyl (C=O) groups is 1. The first-order chi connectivity index (χ1) is 7.65. The van der Waals surface area contributed by atoms with E-state index in [0.717, 1.165) is 12.8 Å². The normalized spacial score (nSPS) is 10.1. The van der Waals surface area contributed by atoms with Crippen LogP contribution in [0.5, 0.6) is 0 Å². The second-order valence-electron chi connectivity index (χ2n) is 3.47. The van der Waals surface area contributed by atoms with Gasteiger partial charge in [0.1, 0.15) is 0 Å². The first-order valence-corrected chi connectivity index (χ1v) is 5.13. The van der Waals surface area contributed by atoms with Gasteiger partial charge < -0.3 is 5.73 Å². The van der Waals surface area contributed by atoms with Crippen molar-refractivity contribution in [3.05, 3.63) is 39.9 Å². The fourth-order valence-electron chi connectivity index (χ4n) is 1.34. The zero-order valence-electron chi connectivity index (χ0n) is 8.89. The van der Waals surface area contributed by atoms with Gasteiger partial charge in [-0.2, -0.15) is 0 Å². The molecule has 1 rings (SSSR count). The molecule has 16 heavy (non-hydrogen) atoms. The third-order valence-electron chi connectivity index (χ3n) is 2.26. The van der Waals surface area contributed by atoms with Gasteiger partial charge in [0.15, 0.2) is 5.78 Å². The van der Waals surface area contributed by atoms with Crippen LogP contribution in [0.1, 0.15) is 29.6 Å². The summed E-state index contributed by atoms with van der Waals surface area (Å²) in [6.45, 7) is 0.577. The fourth-order valence-corrected chi connectivity index (χ4v) is 1.34. The molecule has 0 heterocycles. The summed E-state index contributed by atoms with van der Waals surface area (Å²) in [5.41, 5.74) is 5.84. The molecule has 1 aromatic carbocycles. The lowest BCUT2D eigenvalue weighted by Crippen LogP contribution is -2.02. The summed E-state index contributed by atoms with van der Waals surface area (Å²) < 4.78 is 0. The number of ketones is 1. The smallest absolute Gasteiger partial charge is 0.269 e. The van der Waals surface area contributed by atoms with Gasteiger partial charge in [-0.3, -0.25) is 14.9 Å². The average Bonchev–Trinajstić information content (AvgIpc) is 2.29. The molecule has 0 fully saturated rings. The molecule has 0 unspecified atom stereocenters. The predicted molar refractivity (Wildman–Crippen MR) is 60.3 cm³/mol. The van der Waals surface area contributed by atoms with Crippen LogP contribution < -0.4 is 5.73 Å². The van der Waals surface area contributed by atoms with E-state index < -0.39 is 4.92 Å². The maximum Gasteiger partial charge on any atom is 0.269 e. The SMILES string of the molecule is NCCCCC(=O)c1ccc([N+](=O)[O-])cc1. The quantitative estimate of drug-likeness (QED) is 0.344. The van der Waals surface area contributed by atoms with Crippen LogP contribution in [0.2, 0.25) is 0 Å². The van der Waals surface area contributed by atoms with Crippen LogP contribution in [0.3, 0.4) is 0 Å². The fraction of sp³-hybridized carbons (Fsp3) is 0.364. The Hall–Kier alpha value is -1.75. The summed E-state index contributed by atoms with van der Waals surface area (Å²) in [4.78, 5) is 21.5. The Morgan fingerprint density at radius 2 is 1.88 bits per heavy atom. The van der Waals surface area contributed by atoms with Crippen LogP contribution in [0.15, 0.2) is 24.3 Å². The summed E-state index contributed by atoms with van der Waals surface area (Å²) >= 11 is 0. The third kappa shape index (κ3) is 3.43. The van der Waals surface area contributed by atoms with Crippen LogP contribution in [-0.4, -0.2) is 17.3 Å². The van der Waals surface area contributed by atoms with Gasteiger partial charge in [-0.1, -0.05) is 0 Å². The van der Waals surface area contributed by atoms with Crippen molar-refractivity contribution in [2.24, 2.45) is 5.73 Å². The maximum absolute atomic E-state index is 11.6. The molecular formula is C11H14N2O3. The van der Waals surface area contributed by atoms with Gasteiger partial charge in [0, 0.05) is 24.1 Å². The summed E-state index contributed by atoms with van der Waals surface area (Å²) in [7, 11) is 0. The van der Waals surface area contributed by atoms with Crippen molar-refractivity contribution >= 4 is 11.5 Å². The molecule has 0 saturated carbocycles. The highest BCUT2D eigenvalue weighted by Crippen LogP contribution is 2.13. The van der Waals surface area contributed by atoms with E-state index in [1.54, 1.807) is 0 Å². The Balaban J connectivity index is 2.59. The molecule has 0 bridgehead atoms. The summed E-state index contributed by atoms with van der Waals surface area (Å²) in [6, 6.07) is 5.66. The average molecular weight is 222 g/mol. The number of Topliss-reactive ketones (excluding diaryl/α,β-unsaturated/α-hetero) is 1. The lowest BCUT2D eigenvalue weighted by molar-refractivity contribution is -0.384. The summed E-state index contributed by atoms with van der Waals surface area (Å²) in [5, 5.41) is 10.4. The predicted octanol–water partition coefficient (Wildman–Crippen LogP) is 1.91. The number of hydrogen-bond donors (Lipinski definition) is 1. The summed E-state index contributed by atoms with van der Waals surface area (Å²) in [5.74, 6) is 0.00310. The van der Waals surface area contributed by atoms with Crippen molar-refractivity contribution in [3.8, 4) is 0 Å². The molecule has 0 aliphatic heterocycles. The molecule has 1 aromatic rings. The molecule has 0 spiro atoms. The van der Waals surface area contributed by atoms with Crippen LogP contribution in [0.4, 0.5) is 5.69 Å². The Kier molecular flexibility index (Phi) is 4.60. The molecule has 0 aliphatic carbocycles. The second kappa shape index (κ2) is 5.97. The van der Waals surface area contributed by atoms with Crippen LogP contribution in [0, 0.1) is 10.1 Å². The highest BCUT2D eigenvalue weighted by Gasteiger charge is 2.08. The molecule has 0 atom stereocenters. The Bertz CT molecular complexity index is 373. The monoisotopic (exact) mass is 222 g/mol. The van der Waals surface area contributed by atoms with Crippen LogP contribution in [-0.2, 0) is 0 Å². The second-order valence-corrected chi connectivity index (χ2v) is 3.47. The van der Waals surface area contributed by atoms with E-state index in [0.29, 0.717) is 18.5 Å². The van der Waals surface area contributed by atoms with E-state index in [2.05, 4.69) is 0 Å². The Labute approximate surface area is 93.4 Å². The van der Waals surface area contributed by atoms with E-state index in [-0.39, 0.29) is 11.5 Å². The molecule has 2 N–H and O–H groups in total. The van der Waals surface area contributed by atoms with Gasteiger partial charge in [-0.25, -0.2) is 0 Å². The highest BCUT2D eigenvalue weighted by atomic mass is 16.6. The van der Waals surface area contributed by atoms with Gasteiger partial charge in [-0.05, 0) is 31.5 Å². The Morgan fingerprint density at radius 1 is 1.25 bits per heavy atom. The van der Waals surface area contributed by atoms with Gasteiger partial charge in [0.2, 0.25) is 0 Å². The molecule has 86 valence electrons. The van der Waals surface area contributed by atoms with E-state index >= 15 is 0 Å². The van der Waals surface area contributed by atoms with Crippen LogP contribution >= 0.6 is 0 Å². The van der Waals surface area contributed by atoms with Gasteiger partial charge in [0.25, 0.3) is 5.69 Å². The molecule has 0 aromatic heterocycles. The number of hydrogen-bond acceptors (Lipinski definition) is 4. The molecule has 5 nitrogen and oxygen atoms in total. The van der Waals surface area contributed by atoms with E-state index in [1.165, 1.54) is 24.3 Å². The lowest BCUT2D eigenvalue weighted by atomic mass is 10.1. The molecule has 0 radical (unpaired) electrons. The van der Waals surface area contributed by atoms with Crippen molar-refractivity contribution in [3.63, 3.8) is 0 Å². The number of benzene rings is 1. The third-order valence-corrected chi connectivity index (χ3v) is 2.26. The van der Waals surface area contributed by atoms with Gasteiger partial charge in [0.05, 0.1) is 4.92 Å². The molecule has 0 aliphatic rings. The number of unbranched alkanes of at least 4 members (excludes halogenated alkanes) is 1. The van der Waals surface area contributed by atoms with Crippen molar-refractivity contribution in [2.75, 3.05) is 6.54 Å². The van der Waals surface area contributed by atoms with E-state index in [4.69, 9.17) is 5.73 Å². The zero-order chi connectivity index (χ0) is 12.0. The molecule has 0 saturated heterocycles. The Morgan fingerprint density at radius 3 is 2.38 bits per heavy atom. The van der Waals surface area contributed by atoms with Crippen LogP contribution in [0.25, 0.3) is 0 Å². The number of carbonyl (C=O) groups excluding carboxylic acids is 1. The number of nitro groups is 1. The first kappa shape index (κ1) is 12.3. The first-order valence-electron chi connectivity index (χ1n) is 5.13. The number of nitrogens with two attached hydrogens (primary N) is 1. The van der Waals surface area contributed by atoms with Gasteiger partial charge in [-0.15, -0.1) is 0 Å². The molecular weight excluding hydrogens is 208 g/mol. The zero-order valence-corrected chi connectivity index (χ0v) is 8.89. The van der Waals surface area contributed by atoms with Crippen molar-refractivity contribution < 1.29 is 9.72 Å². The number of nitro benzene ring substituents is 1. The topological polar surface area (TPSA) is 86.2 Å². The number of nitrogens with zero attached hydrogens (tertiary/aromatic N) is 1. The highest BCUT2D eigenvalue weighted by molar-refractivity contribution is 5.96. The standard InChI is InChI=1S/C11H14N2O3/c12-8-2-1-3-11(14)9-4-6-10(7-5-9)13(15)16/h4-7H,1-3,8,12H2. The number of non-ortho nitro benzene ring substituents is 1. The largest absolute Gasteiger partial charge is 0.330 e. The maximum atomic E-state index is 11.6. The van der Waals surface area contributed by atoms with E-state index in [9.17, 15) is 14.9 Å². The van der Waals surface area contributed by atoms with E-state index in [1.807, 2.05) is 0 Å². The van der Waals surface area contributed by atoms with Gasteiger partial charge >= 0.3 is 0 Å². The van der Waals surface area contributed by atoms with Crippen molar-refractivity contribution in [1.82, 2.24) is 0 Å². The summed E-state index contributed by atoms with van der Waals surface area (Å²) in [6.07, 6.45) is 2.01. The molecule has 5 heteroatoms.